The molecule has 0 saturated carbocycles. The summed E-state index contributed by atoms with van der Waals surface area (Å²) >= 11 is 1.47. The van der Waals surface area contributed by atoms with Gasteiger partial charge in [-0.2, -0.15) is 0 Å². The number of aliphatic carboxylic acids is 1. The van der Waals surface area contributed by atoms with E-state index in [-0.39, 0.29) is 0 Å². The molecule has 42 heavy (non-hydrogen) atoms. The first kappa shape index (κ1) is 29.3. The number of carboxylic acid groups (broad SMARTS) is 1. The van der Waals surface area contributed by atoms with Crippen molar-refractivity contribution in [3.8, 4) is 22.3 Å². The fraction of sp³-hybridized carbons (Fsp3) is 0.257. The number of hydrogen-bond acceptors (Lipinski definition) is 5. The molecule has 1 aromatic heterocycles. The molecule has 1 amide bonds. The molecule has 5 aromatic rings. The van der Waals surface area contributed by atoms with Gasteiger partial charge in [0, 0.05) is 26.8 Å². The summed E-state index contributed by atoms with van der Waals surface area (Å²) in [5.41, 5.74) is 6.46. The van der Waals surface area contributed by atoms with E-state index in [1.165, 1.54) is 11.8 Å². The highest BCUT2D eigenvalue weighted by atomic mass is 32.2. The molecule has 6 nitrogen and oxygen atoms in total. The summed E-state index contributed by atoms with van der Waals surface area (Å²) < 4.78 is 10.7. The molecule has 0 bridgehead atoms. The van der Waals surface area contributed by atoms with Crippen LogP contribution in [0.25, 0.3) is 44.2 Å². The number of carboxylic acids is 1. The van der Waals surface area contributed by atoms with Crippen LogP contribution in [-0.4, -0.2) is 33.6 Å². The average molecular weight is 582 g/mol. The highest BCUT2D eigenvalue weighted by Gasteiger charge is 2.38. The van der Waals surface area contributed by atoms with Crippen molar-refractivity contribution in [1.82, 2.24) is 5.32 Å². The predicted molar refractivity (Wildman–Crippen MR) is 171 cm³/mol. The predicted octanol–water partition coefficient (Wildman–Crippen LogP) is 8.91. The number of rotatable bonds is 8. The summed E-state index contributed by atoms with van der Waals surface area (Å²) in [6.45, 7) is 8.85. The first-order valence-electron chi connectivity index (χ1n) is 13.9. The Balaban J connectivity index is 1.27. The van der Waals surface area contributed by atoms with Gasteiger partial charge in [0.1, 0.15) is 22.8 Å². The normalized spacial score (nSPS) is 12.8. The molecule has 216 valence electrons. The number of ether oxygens (including phenoxy) is 1. The fourth-order valence-corrected chi connectivity index (χ4v) is 5.98. The highest BCUT2D eigenvalue weighted by Crippen LogP contribution is 2.37. The zero-order chi connectivity index (χ0) is 30.1. The molecule has 0 spiro atoms. The number of nitrogens with one attached hydrogen (secondary N) is 1. The minimum absolute atomic E-state index is 0.591. The Labute approximate surface area is 250 Å². The molecule has 0 unspecified atom stereocenters. The number of furan rings is 1. The van der Waals surface area contributed by atoms with Crippen LogP contribution in [0.2, 0.25) is 0 Å². The number of benzene rings is 4. The SMILES string of the molecule is CC(C)(C)OC(=O)N[C@H](C(=O)O)C(C)(C)SCc1ccc(-c2ccc(-c3cccc4c3oc3ccccc34)cc2)cc1. The van der Waals surface area contributed by atoms with Crippen molar-refractivity contribution in [2.75, 3.05) is 0 Å². The Morgan fingerprint density at radius 2 is 1.40 bits per heavy atom. The Kier molecular flexibility index (Phi) is 8.06. The molecular weight excluding hydrogens is 546 g/mol. The van der Waals surface area contributed by atoms with Crippen molar-refractivity contribution < 1.29 is 23.8 Å². The number of hydrogen-bond donors (Lipinski definition) is 2. The standard InChI is InChI=1S/C35H35NO5S/c1-34(2,3)41-33(39)36-31(32(37)38)35(4,5)42-21-22-13-15-23(16-14-22)24-17-19-25(20-18-24)26-10-8-11-28-27-9-6-7-12-29(27)40-30(26)28/h6-20,31H,21H2,1-5H3,(H,36,39)(H,37,38)/t31-/m1/s1. The lowest BCUT2D eigenvalue weighted by molar-refractivity contribution is -0.140. The lowest BCUT2D eigenvalue weighted by Gasteiger charge is -2.32. The van der Waals surface area contributed by atoms with Gasteiger partial charge >= 0.3 is 12.1 Å². The second kappa shape index (κ2) is 11.6. The number of carbonyl (C=O) groups excluding carboxylic acids is 1. The monoisotopic (exact) mass is 581 g/mol. The number of para-hydroxylation sites is 2. The van der Waals surface area contributed by atoms with Gasteiger partial charge in [-0.05, 0) is 62.9 Å². The topological polar surface area (TPSA) is 88.8 Å². The quantitative estimate of drug-likeness (QED) is 0.190. The number of amides is 1. The Hall–Kier alpha value is -4.23. The average Bonchev–Trinajstić information content (AvgIpc) is 3.33. The van der Waals surface area contributed by atoms with Crippen molar-refractivity contribution in [3.63, 3.8) is 0 Å². The van der Waals surface area contributed by atoms with Crippen LogP contribution >= 0.6 is 11.8 Å². The molecule has 7 heteroatoms. The zero-order valence-electron chi connectivity index (χ0n) is 24.4. The smallest absolute Gasteiger partial charge is 0.408 e. The van der Waals surface area contributed by atoms with Crippen molar-refractivity contribution in [1.29, 1.82) is 0 Å². The summed E-state index contributed by atoms with van der Waals surface area (Å²) in [5, 5.41) is 14.6. The fourth-order valence-electron chi connectivity index (χ4n) is 4.92. The first-order chi connectivity index (χ1) is 19.9. The van der Waals surface area contributed by atoms with Crippen molar-refractivity contribution >= 4 is 45.8 Å². The molecule has 0 aliphatic heterocycles. The third kappa shape index (κ3) is 6.47. The van der Waals surface area contributed by atoms with Crippen molar-refractivity contribution in [2.45, 2.75) is 56.8 Å². The maximum Gasteiger partial charge on any atom is 0.408 e. The van der Waals surface area contributed by atoms with Crippen LogP contribution in [0.5, 0.6) is 0 Å². The molecule has 0 aliphatic carbocycles. The first-order valence-corrected chi connectivity index (χ1v) is 14.9. The lowest BCUT2D eigenvalue weighted by Crippen LogP contribution is -2.53. The molecule has 5 rings (SSSR count). The van der Waals surface area contributed by atoms with E-state index in [9.17, 15) is 14.7 Å². The molecule has 1 heterocycles. The number of fused-ring (bicyclic) bond motifs is 3. The van der Waals surface area contributed by atoms with Gasteiger partial charge in [-0.1, -0.05) is 84.9 Å². The Morgan fingerprint density at radius 3 is 2.05 bits per heavy atom. The van der Waals surface area contributed by atoms with Gasteiger partial charge in [0.2, 0.25) is 0 Å². The van der Waals surface area contributed by atoms with Crippen molar-refractivity contribution in [3.05, 3.63) is 96.6 Å². The number of alkyl carbamates (subject to hydrolysis) is 1. The second-order valence-electron chi connectivity index (χ2n) is 11.9. The molecule has 2 N–H and O–H groups in total. The highest BCUT2D eigenvalue weighted by molar-refractivity contribution is 7.99. The van der Waals surface area contributed by atoms with Gasteiger partial charge < -0.3 is 19.6 Å². The third-order valence-electron chi connectivity index (χ3n) is 7.10. The lowest BCUT2D eigenvalue weighted by atomic mass is 9.98. The third-order valence-corrected chi connectivity index (χ3v) is 8.56. The summed E-state index contributed by atoms with van der Waals surface area (Å²) in [7, 11) is 0. The van der Waals surface area contributed by atoms with Crippen LogP contribution in [0.1, 0.15) is 40.2 Å². The van der Waals surface area contributed by atoms with E-state index in [0.717, 1.165) is 49.8 Å². The Bertz CT molecular complexity index is 1730. The van der Waals surface area contributed by atoms with Crippen LogP contribution < -0.4 is 5.32 Å². The summed E-state index contributed by atoms with van der Waals surface area (Å²) in [5.74, 6) is -0.512. The van der Waals surface area contributed by atoms with Gasteiger partial charge in [0.25, 0.3) is 0 Å². The molecule has 4 aromatic carbocycles. The van der Waals surface area contributed by atoms with E-state index >= 15 is 0 Å². The zero-order valence-corrected chi connectivity index (χ0v) is 25.2. The number of thioether (sulfide) groups is 1. The Morgan fingerprint density at radius 1 is 0.810 bits per heavy atom. The van der Waals surface area contributed by atoms with Crippen molar-refractivity contribution in [2.24, 2.45) is 0 Å². The number of carbonyl (C=O) groups is 2. The van der Waals surface area contributed by atoms with Gasteiger partial charge in [-0.25, -0.2) is 9.59 Å². The molecule has 1 atom stereocenters. The summed E-state index contributed by atoms with van der Waals surface area (Å²) in [4.78, 5) is 24.2. The summed E-state index contributed by atoms with van der Waals surface area (Å²) in [6.07, 6.45) is -0.742. The maximum absolute atomic E-state index is 12.3. The van der Waals surface area contributed by atoms with Crippen LogP contribution in [0.15, 0.2) is 95.4 Å². The van der Waals surface area contributed by atoms with Gasteiger partial charge in [-0.15, -0.1) is 11.8 Å². The van der Waals surface area contributed by atoms with Gasteiger partial charge in [0.05, 0.1) is 0 Å². The van der Waals surface area contributed by atoms with Crippen LogP contribution in [0.3, 0.4) is 0 Å². The van der Waals surface area contributed by atoms with E-state index in [0.29, 0.717) is 5.75 Å². The minimum atomic E-state index is -1.11. The maximum atomic E-state index is 12.3. The van der Waals surface area contributed by atoms with E-state index in [1.54, 1.807) is 20.8 Å². The molecular formula is C35H35NO5S. The van der Waals surface area contributed by atoms with Crippen LogP contribution in [0, 0.1) is 0 Å². The van der Waals surface area contributed by atoms with Crippen LogP contribution in [0.4, 0.5) is 4.79 Å². The second-order valence-corrected chi connectivity index (χ2v) is 13.5. The molecule has 0 aliphatic rings. The summed E-state index contributed by atoms with van der Waals surface area (Å²) in [6, 6.07) is 30.0. The van der Waals surface area contributed by atoms with Gasteiger partial charge in [-0.3, -0.25) is 0 Å². The van der Waals surface area contributed by atoms with E-state index in [4.69, 9.17) is 9.15 Å². The minimum Gasteiger partial charge on any atom is -0.480 e. The van der Waals surface area contributed by atoms with E-state index < -0.39 is 28.5 Å². The molecule has 0 radical (unpaired) electrons. The van der Waals surface area contributed by atoms with E-state index in [2.05, 4.69) is 78.1 Å². The van der Waals surface area contributed by atoms with Gasteiger partial charge in [0.15, 0.2) is 0 Å². The largest absolute Gasteiger partial charge is 0.480 e. The molecule has 0 saturated heterocycles. The van der Waals surface area contributed by atoms with E-state index in [1.807, 2.05) is 32.0 Å². The van der Waals surface area contributed by atoms with Crippen LogP contribution in [-0.2, 0) is 15.3 Å². The molecule has 0 fully saturated rings.